The molecule has 2 aromatic rings. The molecular formula is C18H15ClN4O2. The molecule has 0 radical (unpaired) electrons. The fourth-order valence-corrected chi connectivity index (χ4v) is 3.31. The zero-order valence-electron chi connectivity index (χ0n) is 13.5. The quantitative estimate of drug-likeness (QED) is 0.793. The van der Waals surface area contributed by atoms with Crippen LogP contribution in [-0.4, -0.2) is 23.9 Å². The van der Waals surface area contributed by atoms with E-state index in [-0.39, 0.29) is 11.8 Å². The summed E-state index contributed by atoms with van der Waals surface area (Å²) in [6, 6.07) is 12.8. The number of fused-ring (bicyclic) bond motifs is 1. The van der Waals surface area contributed by atoms with Crippen molar-refractivity contribution in [3.63, 3.8) is 0 Å². The van der Waals surface area contributed by atoms with Crippen LogP contribution in [0.5, 0.6) is 0 Å². The zero-order chi connectivity index (χ0) is 17.6. The number of carbonyl (C=O) groups excluding carboxylic acids is 2. The summed E-state index contributed by atoms with van der Waals surface area (Å²) in [5.74, 6) is -0.684. The third kappa shape index (κ3) is 2.49. The highest BCUT2D eigenvalue weighted by Gasteiger charge is 2.55. The van der Waals surface area contributed by atoms with Gasteiger partial charge in [-0.3, -0.25) is 9.59 Å². The molecule has 0 unspecified atom stereocenters. The Bertz CT molecular complexity index is 881. The van der Waals surface area contributed by atoms with Crippen LogP contribution in [0, 0.1) is 0 Å². The summed E-state index contributed by atoms with van der Waals surface area (Å²) in [4.78, 5) is 26.8. The average Bonchev–Trinajstić information content (AvgIpc) is 3.16. The van der Waals surface area contributed by atoms with Gasteiger partial charge < -0.3 is 0 Å². The SMILES string of the molecule is CCc1ccc(N2C(=O)[C@H]3N=NN(c4cccc(Cl)c4)[C@H]3C2=O)cc1. The Labute approximate surface area is 149 Å². The van der Waals surface area contributed by atoms with E-state index in [1.165, 1.54) is 9.91 Å². The second-order valence-electron chi connectivity index (χ2n) is 5.95. The fourth-order valence-electron chi connectivity index (χ4n) is 3.13. The molecule has 2 aliphatic heterocycles. The molecule has 0 aromatic heterocycles. The topological polar surface area (TPSA) is 65.3 Å². The molecule has 0 spiro atoms. The standard InChI is InChI=1S/C18H15ClN4O2/c1-2-11-6-8-13(9-7-11)22-17(24)15-16(18(22)25)23(21-20-15)14-5-3-4-12(19)10-14/h3-10,15-16H,2H2,1H3/t15-,16+/m0/s1. The number of carbonyl (C=O) groups is 2. The first kappa shape index (κ1) is 15.8. The first-order chi connectivity index (χ1) is 12.1. The third-order valence-corrected chi connectivity index (χ3v) is 4.69. The van der Waals surface area contributed by atoms with Gasteiger partial charge in [0.05, 0.1) is 11.4 Å². The molecule has 25 heavy (non-hydrogen) atoms. The van der Waals surface area contributed by atoms with Crippen molar-refractivity contribution in [1.29, 1.82) is 0 Å². The van der Waals surface area contributed by atoms with Gasteiger partial charge in [0, 0.05) is 5.02 Å². The number of anilines is 2. The van der Waals surface area contributed by atoms with Gasteiger partial charge >= 0.3 is 0 Å². The van der Waals surface area contributed by atoms with E-state index in [0.717, 1.165) is 12.0 Å². The summed E-state index contributed by atoms with van der Waals surface area (Å²) in [6.45, 7) is 2.05. The summed E-state index contributed by atoms with van der Waals surface area (Å²) in [6.07, 6.45) is 0.893. The van der Waals surface area contributed by atoms with E-state index < -0.39 is 12.1 Å². The summed E-state index contributed by atoms with van der Waals surface area (Å²) >= 11 is 6.02. The van der Waals surface area contributed by atoms with Crippen LogP contribution in [0.4, 0.5) is 11.4 Å². The highest BCUT2D eigenvalue weighted by Crippen LogP contribution is 2.35. The van der Waals surface area contributed by atoms with E-state index in [0.29, 0.717) is 16.4 Å². The van der Waals surface area contributed by atoms with Gasteiger partial charge in [-0.15, -0.1) is 0 Å². The number of halogens is 1. The normalized spacial score (nSPS) is 22.0. The van der Waals surface area contributed by atoms with E-state index in [2.05, 4.69) is 17.3 Å². The molecule has 2 amide bonds. The number of imide groups is 1. The van der Waals surface area contributed by atoms with Crippen molar-refractivity contribution in [2.24, 2.45) is 10.3 Å². The van der Waals surface area contributed by atoms with Crippen molar-refractivity contribution in [3.8, 4) is 0 Å². The van der Waals surface area contributed by atoms with Crippen LogP contribution in [0.2, 0.25) is 5.02 Å². The molecule has 6 nitrogen and oxygen atoms in total. The lowest BCUT2D eigenvalue weighted by Crippen LogP contribution is -2.39. The lowest BCUT2D eigenvalue weighted by atomic mass is 10.1. The molecule has 1 saturated heterocycles. The fraction of sp³-hybridized carbons (Fsp3) is 0.222. The van der Waals surface area contributed by atoms with E-state index in [1.807, 2.05) is 12.1 Å². The van der Waals surface area contributed by atoms with Crippen molar-refractivity contribution in [2.75, 3.05) is 9.91 Å². The van der Waals surface area contributed by atoms with Gasteiger partial charge in [0.2, 0.25) is 0 Å². The molecule has 0 bridgehead atoms. The predicted octanol–water partition coefficient (Wildman–Crippen LogP) is 3.40. The number of nitrogens with zero attached hydrogens (tertiary/aromatic N) is 4. The summed E-state index contributed by atoms with van der Waals surface area (Å²) in [5, 5.41) is 10.0. The molecule has 2 aliphatic rings. The number of benzene rings is 2. The van der Waals surface area contributed by atoms with Gasteiger partial charge in [0.25, 0.3) is 11.8 Å². The largest absolute Gasteiger partial charge is 0.271 e. The number of aryl methyl sites for hydroxylation is 1. The van der Waals surface area contributed by atoms with Gasteiger partial charge in [0.1, 0.15) is 0 Å². The van der Waals surface area contributed by atoms with Gasteiger partial charge in [-0.1, -0.05) is 41.9 Å². The number of hydrogen-bond acceptors (Lipinski definition) is 5. The molecule has 0 saturated carbocycles. The maximum atomic E-state index is 12.9. The average molecular weight is 355 g/mol. The summed E-state index contributed by atoms with van der Waals surface area (Å²) in [5.41, 5.74) is 2.33. The second-order valence-corrected chi connectivity index (χ2v) is 6.39. The monoisotopic (exact) mass is 354 g/mol. The lowest BCUT2D eigenvalue weighted by molar-refractivity contribution is -0.121. The molecule has 2 heterocycles. The lowest BCUT2D eigenvalue weighted by Gasteiger charge is -2.20. The van der Waals surface area contributed by atoms with Crippen LogP contribution in [0.1, 0.15) is 12.5 Å². The summed E-state index contributed by atoms with van der Waals surface area (Å²) in [7, 11) is 0. The van der Waals surface area contributed by atoms with Gasteiger partial charge in [0.15, 0.2) is 12.1 Å². The maximum absolute atomic E-state index is 12.9. The Hall–Kier alpha value is -2.73. The van der Waals surface area contributed by atoms with E-state index >= 15 is 0 Å². The molecule has 126 valence electrons. The van der Waals surface area contributed by atoms with Gasteiger partial charge in [-0.05, 0) is 42.3 Å². The third-order valence-electron chi connectivity index (χ3n) is 4.46. The van der Waals surface area contributed by atoms with Crippen molar-refractivity contribution in [3.05, 3.63) is 59.1 Å². The first-order valence-electron chi connectivity index (χ1n) is 8.02. The zero-order valence-corrected chi connectivity index (χ0v) is 14.2. The van der Waals surface area contributed by atoms with Crippen LogP contribution in [0.15, 0.2) is 58.9 Å². The molecule has 1 fully saturated rings. The minimum atomic E-state index is -0.822. The molecule has 4 rings (SSSR count). The van der Waals surface area contributed by atoms with E-state index in [9.17, 15) is 9.59 Å². The maximum Gasteiger partial charge on any atom is 0.263 e. The predicted molar refractivity (Wildman–Crippen MR) is 94.7 cm³/mol. The first-order valence-corrected chi connectivity index (χ1v) is 8.40. The van der Waals surface area contributed by atoms with Crippen molar-refractivity contribution >= 4 is 34.8 Å². The van der Waals surface area contributed by atoms with Gasteiger partial charge in [-0.2, -0.15) is 5.11 Å². The van der Waals surface area contributed by atoms with Crippen LogP contribution < -0.4 is 9.91 Å². The molecule has 0 aliphatic carbocycles. The number of amides is 2. The Morgan fingerprint density at radius 2 is 1.80 bits per heavy atom. The van der Waals surface area contributed by atoms with Crippen molar-refractivity contribution in [2.45, 2.75) is 25.4 Å². The van der Waals surface area contributed by atoms with Crippen LogP contribution in [-0.2, 0) is 16.0 Å². The highest BCUT2D eigenvalue weighted by atomic mass is 35.5. The van der Waals surface area contributed by atoms with E-state index in [4.69, 9.17) is 11.6 Å². The smallest absolute Gasteiger partial charge is 0.263 e. The van der Waals surface area contributed by atoms with Crippen LogP contribution >= 0.6 is 11.6 Å². The number of rotatable bonds is 3. The Balaban J connectivity index is 1.68. The van der Waals surface area contributed by atoms with Gasteiger partial charge in [-0.25, -0.2) is 9.91 Å². The van der Waals surface area contributed by atoms with Crippen LogP contribution in [0.3, 0.4) is 0 Å². The summed E-state index contributed by atoms with van der Waals surface area (Å²) < 4.78 is 0. The van der Waals surface area contributed by atoms with Crippen molar-refractivity contribution in [1.82, 2.24) is 0 Å². The Morgan fingerprint density at radius 1 is 1.04 bits per heavy atom. The highest BCUT2D eigenvalue weighted by molar-refractivity contribution is 6.31. The number of hydrogen-bond donors (Lipinski definition) is 0. The molecular weight excluding hydrogens is 340 g/mol. The molecule has 2 atom stereocenters. The molecule has 2 aromatic carbocycles. The minimum Gasteiger partial charge on any atom is -0.271 e. The van der Waals surface area contributed by atoms with E-state index in [1.54, 1.807) is 36.4 Å². The van der Waals surface area contributed by atoms with Crippen molar-refractivity contribution < 1.29 is 9.59 Å². The van der Waals surface area contributed by atoms with Crippen LogP contribution in [0.25, 0.3) is 0 Å². The Kier molecular flexibility index (Phi) is 3.77. The molecule has 0 N–H and O–H groups in total. The molecule has 7 heteroatoms. The minimum absolute atomic E-state index is 0.329. The Morgan fingerprint density at radius 3 is 2.48 bits per heavy atom. The second kappa shape index (κ2) is 5.97.